The number of anilines is 1. The number of hydrazine groups is 2. The number of amides is 1. The Morgan fingerprint density at radius 3 is 2.56 bits per heavy atom. The van der Waals surface area contributed by atoms with E-state index in [9.17, 15) is 27.6 Å². The largest absolute Gasteiger partial charge is 0.573 e. The van der Waals surface area contributed by atoms with E-state index in [-0.39, 0.29) is 23.4 Å². The molecule has 3 rings (SSSR count). The molecule has 10 nitrogen and oxygen atoms in total. The van der Waals surface area contributed by atoms with Crippen LogP contribution in [-0.2, 0) is 22.6 Å². The average Bonchev–Trinajstić information content (AvgIpc) is 3.21. The third-order valence-corrected chi connectivity index (χ3v) is 4.67. The lowest BCUT2D eigenvalue weighted by Gasteiger charge is -2.15. The minimum atomic E-state index is -4.83. The quantitative estimate of drug-likeness (QED) is 0.380. The Morgan fingerprint density at radius 1 is 1.12 bits per heavy atom. The first-order chi connectivity index (χ1) is 16.1. The Morgan fingerprint density at radius 2 is 1.88 bits per heavy atom. The van der Waals surface area contributed by atoms with Crippen LogP contribution < -0.4 is 26.6 Å². The monoisotopic (exact) mass is 481 g/mol. The number of hydrogen-bond acceptors (Lipinski definition) is 7. The molecule has 1 aliphatic rings. The number of nitrogens with zero attached hydrogens (tertiary/aromatic N) is 2. The molecule has 182 valence electrons. The van der Waals surface area contributed by atoms with Gasteiger partial charge in [0.15, 0.2) is 5.70 Å². The van der Waals surface area contributed by atoms with E-state index in [4.69, 9.17) is 5.11 Å². The number of halogens is 3. The number of nitrogens with one attached hydrogen (secondary N) is 3. The lowest BCUT2D eigenvalue weighted by molar-refractivity contribution is -0.274. The highest BCUT2D eigenvalue weighted by molar-refractivity contribution is 5.92. The third-order valence-electron chi connectivity index (χ3n) is 4.67. The molecule has 1 aliphatic heterocycles. The molecule has 0 unspecified atom stereocenters. The van der Waals surface area contributed by atoms with Crippen LogP contribution in [0, 0.1) is 0 Å². The first-order valence-electron chi connectivity index (χ1n) is 10.2. The number of aliphatic carboxylic acids is 1. The molecular formula is C21H22F3N5O5. The van der Waals surface area contributed by atoms with Crippen molar-refractivity contribution >= 4 is 17.6 Å². The molecule has 0 atom stereocenters. The highest BCUT2D eigenvalue weighted by Gasteiger charge is 2.31. The van der Waals surface area contributed by atoms with E-state index in [1.165, 1.54) is 35.2 Å². The zero-order chi connectivity index (χ0) is 24.7. The number of aryl methyl sites for hydroxylation is 1. The van der Waals surface area contributed by atoms with Gasteiger partial charge in [-0.2, -0.15) is 0 Å². The topological polar surface area (TPSA) is 125 Å². The van der Waals surface area contributed by atoms with Crippen molar-refractivity contribution in [3.8, 4) is 5.75 Å². The van der Waals surface area contributed by atoms with Crippen LogP contribution in [0.15, 0.2) is 59.3 Å². The molecule has 1 aromatic heterocycles. The van der Waals surface area contributed by atoms with Gasteiger partial charge in [0.05, 0.1) is 6.42 Å². The second-order valence-electron chi connectivity index (χ2n) is 7.35. The Kier molecular flexibility index (Phi) is 7.79. The normalized spacial score (nSPS) is 13.3. The number of alkyl halides is 3. The number of unbranched alkanes of at least 4 members (excludes halogenated alkanes) is 1. The number of pyridine rings is 1. The molecular weight excluding hydrogens is 459 g/mol. The fourth-order valence-electron chi connectivity index (χ4n) is 3.16. The van der Waals surface area contributed by atoms with Crippen LogP contribution in [0.2, 0.25) is 0 Å². The summed E-state index contributed by atoms with van der Waals surface area (Å²) in [6.45, 7) is 0.956. The summed E-state index contributed by atoms with van der Waals surface area (Å²) in [4.78, 5) is 35.4. The number of carbonyl (C=O) groups is 2. The van der Waals surface area contributed by atoms with Gasteiger partial charge in [-0.1, -0.05) is 12.1 Å². The van der Waals surface area contributed by atoms with E-state index < -0.39 is 24.0 Å². The molecule has 34 heavy (non-hydrogen) atoms. The molecule has 13 heteroatoms. The van der Waals surface area contributed by atoms with Crippen LogP contribution in [0.3, 0.4) is 0 Å². The minimum absolute atomic E-state index is 0.0381. The molecule has 2 aromatic rings. The maximum absolute atomic E-state index is 12.3. The van der Waals surface area contributed by atoms with Crippen molar-refractivity contribution in [2.45, 2.75) is 32.2 Å². The predicted molar refractivity (Wildman–Crippen MR) is 114 cm³/mol. The van der Waals surface area contributed by atoms with Crippen molar-refractivity contribution in [1.29, 1.82) is 0 Å². The van der Waals surface area contributed by atoms with Crippen molar-refractivity contribution in [1.82, 2.24) is 20.5 Å². The average molecular weight is 481 g/mol. The summed E-state index contributed by atoms with van der Waals surface area (Å²) < 4.78 is 42.3. The molecule has 1 aromatic carbocycles. The van der Waals surface area contributed by atoms with Gasteiger partial charge in [0.1, 0.15) is 5.75 Å². The Balaban J connectivity index is 1.46. The number of carboxylic acids is 1. The van der Waals surface area contributed by atoms with Gasteiger partial charge in [-0.25, -0.2) is 4.79 Å². The molecule has 1 amide bonds. The fraction of sp³-hybridized carbons (Fsp3) is 0.286. The van der Waals surface area contributed by atoms with Gasteiger partial charge < -0.3 is 19.7 Å². The summed E-state index contributed by atoms with van der Waals surface area (Å²) in [7, 11) is 0. The summed E-state index contributed by atoms with van der Waals surface area (Å²) in [5, 5.41) is 13.0. The summed E-state index contributed by atoms with van der Waals surface area (Å²) in [6, 6.07) is 7.91. The zero-order valence-electron chi connectivity index (χ0n) is 17.8. The number of ether oxygens (including phenoxy) is 1. The third kappa shape index (κ3) is 7.55. The SMILES string of the molecule is O=C(Cc1cccc(OC(F)(F)F)c1)Nc1ccn(CCCCN2C=C(C(=O)O)NN2)c(=O)c1. The number of hydrogen-bond donors (Lipinski definition) is 4. The molecule has 0 spiro atoms. The van der Waals surface area contributed by atoms with Crippen LogP contribution in [0.25, 0.3) is 0 Å². The molecule has 4 N–H and O–H groups in total. The lowest BCUT2D eigenvalue weighted by Crippen LogP contribution is -2.37. The molecule has 0 saturated heterocycles. The Bertz CT molecular complexity index is 1130. The van der Waals surface area contributed by atoms with E-state index in [1.807, 2.05) is 0 Å². The number of benzene rings is 1. The second-order valence-corrected chi connectivity index (χ2v) is 7.35. The van der Waals surface area contributed by atoms with Gasteiger partial charge in [-0.05, 0) is 36.6 Å². The van der Waals surface area contributed by atoms with Crippen LogP contribution in [0.5, 0.6) is 5.75 Å². The van der Waals surface area contributed by atoms with E-state index in [0.717, 1.165) is 12.1 Å². The number of carbonyl (C=O) groups excluding carboxylic acids is 1. The van der Waals surface area contributed by atoms with E-state index in [1.54, 1.807) is 11.1 Å². The van der Waals surface area contributed by atoms with Crippen molar-refractivity contribution in [2.75, 3.05) is 11.9 Å². The zero-order valence-corrected chi connectivity index (χ0v) is 17.8. The molecule has 0 saturated carbocycles. The highest BCUT2D eigenvalue weighted by atomic mass is 19.4. The van der Waals surface area contributed by atoms with Crippen LogP contribution in [0.4, 0.5) is 18.9 Å². The fourth-order valence-corrected chi connectivity index (χ4v) is 3.16. The second kappa shape index (κ2) is 10.7. The molecule has 0 aliphatic carbocycles. The molecule has 0 radical (unpaired) electrons. The van der Waals surface area contributed by atoms with Gasteiger partial charge in [-0.15, -0.1) is 18.7 Å². The predicted octanol–water partition coefficient (Wildman–Crippen LogP) is 1.96. The first-order valence-corrected chi connectivity index (χ1v) is 10.2. The lowest BCUT2D eigenvalue weighted by atomic mass is 10.1. The van der Waals surface area contributed by atoms with E-state index in [0.29, 0.717) is 31.5 Å². The summed E-state index contributed by atoms with van der Waals surface area (Å²) in [5.74, 6) is -1.99. The first kappa shape index (κ1) is 24.6. The van der Waals surface area contributed by atoms with E-state index in [2.05, 4.69) is 21.0 Å². The van der Waals surface area contributed by atoms with Gasteiger partial charge in [-0.3, -0.25) is 20.0 Å². The summed E-state index contributed by atoms with van der Waals surface area (Å²) in [5.41, 5.74) is 5.52. The van der Waals surface area contributed by atoms with Gasteiger partial charge in [0.25, 0.3) is 5.56 Å². The molecule has 0 bridgehead atoms. The standard InChI is InChI=1S/C21H22F3N5O5/c22-21(23,24)34-16-5-3-4-14(10-16)11-18(30)25-15-6-9-28(19(31)12-15)7-1-2-8-29-13-17(20(32)33)26-27-29/h3-6,9-10,12-13,26-27H,1-2,7-8,11H2,(H,25,30)(H,32,33). The maximum atomic E-state index is 12.3. The Labute approximate surface area is 191 Å². The van der Waals surface area contributed by atoms with Crippen molar-refractivity contribution < 1.29 is 32.6 Å². The summed E-state index contributed by atoms with van der Waals surface area (Å²) in [6.07, 6.45) is -0.723. The van der Waals surface area contributed by atoms with Crippen molar-refractivity contribution in [3.05, 3.63) is 70.4 Å². The summed E-state index contributed by atoms with van der Waals surface area (Å²) >= 11 is 0. The molecule has 0 fully saturated rings. The van der Waals surface area contributed by atoms with E-state index >= 15 is 0 Å². The maximum Gasteiger partial charge on any atom is 0.573 e. The number of rotatable bonds is 10. The van der Waals surface area contributed by atoms with Crippen molar-refractivity contribution in [3.63, 3.8) is 0 Å². The number of aromatic nitrogens is 1. The smallest absolute Gasteiger partial charge is 0.476 e. The van der Waals surface area contributed by atoms with Crippen molar-refractivity contribution in [2.24, 2.45) is 0 Å². The van der Waals surface area contributed by atoms with Crippen LogP contribution in [-0.4, -0.2) is 39.5 Å². The van der Waals surface area contributed by atoms with Gasteiger partial charge in [0.2, 0.25) is 5.91 Å². The van der Waals surface area contributed by atoms with Gasteiger partial charge in [0, 0.05) is 37.2 Å². The Hall–Kier alpha value is -4.00. The van der Waals surface area contributed by atoms with Crippen LogP contribution in [0.1, 0.15) is 18.4 Å². The minimum Gasteiger partial charge on any atom is -0.476 e. The number of carboxylic acid groups (broad SMARTS) is 1. The molecule has 2 heterocycles. The highest BCUT2D eigenvalue weighted by Crippen LogP contribution is 2.23. The van der Waals surface area contributed by atoms with Crippen LogP contribution >= 0.6 is 0 Å². The van der Waals surface area contributed by atoms with Gasteiger partial charge >= 0.3 is 12.3 Å².